The lowest BCUT2D eigenvalue weighted by atomic mass is 9.99. The van der Waals surface area contributed by atoms with Gasteiger partial charge in [-0.15, -0.1) is 0 Å². The van der Waals surface area contributed by atoms with E-state index in [9.17, 15) is 14.4 Å². The second-order valence-corrected chi connectivity index (χ2v) is 30.5. The standard InChI is InChI=1S/C90H103BN21O10S/c92-61-21-1-51(2-22-61)41-71(81(102)113)103-82(114)72(42-52-3-23-62(93)24-4-52)104-83(115)73(43-53-5-25-63(94)26-6-53)105-84(116)74(44-54-7-27-64(95)28-8-54)106-85(117)75(45-55-9-29-65(96)30-10-55)107-86(118)76(46-56-11-31-66(97)32-12-56)108-87(119)77(47-57-13-33-67(98)34-14-57)109-88(120)78(48-58-15-35-68(99)36-16-58)110-89(121)79(49-59-17-37-69(100)38-18-59)111-90(122)80(112-91-123)50-60-19-39-70(101)40-20-60/h1-40,71-80,112,123H,41-50,92-101H2,(H2,102,113)(H,103,114)(H,104,115)(H,105,116)(H,106,117)(H,107,118)(H,108,119)(H,109,120)(H,110,121)(H,111,122). The highest BCUT2D eigenvalue weighted by Crippen LogP contribution is 2.21. The Morgan fingerprint density at radius 3 is 0.423 bits per heavy atom. The Kier molecular flexibility index (Phi) is 32.3. The first kappa shape index (κ1) is 90.6. The SMILES string of the molecule is NC(=O)C(Cc1ccc(N)cc1)NC(=O)C(Cc1ccc(N)cc1)NC(=O)C(Cc1ccc(N)cc1)NC(=O)C(Cc1ccc(N)cc1)NC(=O)C(Cc1ccc(N)cc1)NC(=O)C(Cc1ccc(N)cc1)NC(=O)C(Cc1ccc(N)cc1)NC(=O)C(Cc1ccc(N)cc1)NC(=O)C(Cc1ccc(N)cc1)NC(=O)C(Cc1ccc(N)cc1)N[B]S. The minimum absolute atomic E-state index is 0.0371. The van der Waals surface area contributed by atoms with Crippen LogP contribution in [0.25, 0.3) is 0 Å². The van der Waals surface area contributed by atoms with Gasteiger partial charge in [0.1, 0.15) is 54.4 Å². The predicted octanol–water partition coefficient (Wildman–Crippen LogP) is 2.51. The smallest absolute Gasteiger partial charge is 0.282 e. The van der Waals surface area contributed by atoms with Gasteiger partial charge in [-0.3, -0.25) is 47.9 Å². The number of anilines is 10. The van der Waals surface area contributed by atoms with Gasteiger partial charge >= 0.3 is 0 Å². The molecule has 1 radical (unpaired) electrons. The summed E-state index contributed by atoms with van der Waals surface area (Å²) in [4.78, 5) is 151. The van der Waals surface area contributed by atoms with E-state index in [0.717, 1.165) is 5.56 Å². The summed E-state index contributed by atoms with van der Waals surface area (Å²) in [5, 5.41) is 28.6. The maximum atomic E-state index is 15.7. The van der Waals surface area contributed by atoms with Crippen LogP contribution in [-0.2, 0) is 112 Å². The Bertz CT molecular complexity index is 5260. The minimum Gasteiger partial charge on any atom is -0.399 e. The van der Waals surface area contributed by atoms with Gasteiger partial charge in [0.2, 0.25) is 59.1 Å². The van der Waals surface area contributed by atoms with E-state index in [1.807, 2.05) is 0 Å². The molecule has 0 aliphatic carbocycles. The van der Waals surface area contributed by atoms with E-state index in [-0.39, 0.29) is 64.2 Å². The monoisotopic (exact) mass is 1680 g/mol. The summed E-state index contributed by atoms with van der Waals surface area (Å²) in [5.41, 5.74) is 76.5. The van der Waals surface area contributed by atoms with Crippen molar-refractivity contribution in [3.8, 4) is 0 Å². The first-order chi connectivity index (χ1) is 58.9. The Labute approximate surface area is 718 Å². The molecule has 123 heavy (non-hydrogen) atoms. The van der Waals surface area contributed by atoms with Crippen LogP contribution < -0.4 is 116 Å². The van der Waals surface area contributed by atoms with Crippen molar-refractivity contribution in [2.75, 3.05) is 57.3 Å². The van der Waals surface area contributed by atoms with E-state index in [0.29, 0.717) is 107 Å². The molecule has 10 atom stereocenters. The third-order valence-electron chi connectivity index (χ3n) is 20.5. The lowest BCUT2D eigenvalue weighted by Crippen LogP contribution is -2.62. The topological polar surface area (TPSA) is 577 Å². The fourth-order valence-corrected chi connectivity index (χ4v) is 13.7. The van der Waals surface area contributed by atoms with Gasteiger partial charge in [0.05, 0.1) is 6.04 Å². The van der Waals surface area contributed by atoms with Crippen LogP contribution in [0.15, 0.2) is 243 Å². The van der Waals surface area contributed by atoms with E-state index < -0.39 is 119 Å². The van der Waals surface area contributed by atoms with Gasteiger partial charge in [-0.1, -0.05) is 121 Å². The first-order valence-electron chi connectivity index (χ1n) is 39.6. The number of hydrogen-bond acceptors (Lipinski definition) is 22. The second kappa shape index (κ2) is 43.8. The molecule has 31 nitrogen and oxygen atoms in total. The normalized spacial score (nSPS) is 13.5. The summed E-state index contributed by atoms with van der Waals surface area (Å²) in [6.07, 6.45) is -1.52. The van der Waals surface area contributed by atoms with Gasteiger partial charge in [-0.2, -0.15) is 0 Å². The van der Waals surface area contributed by atoms with E-state index in [1.165, 1.54) is 6.69 Å². The van der Waals surface area contributed by atoms with Crippen molar-refractivity contribution in [2.45, 2.75) is 125 Å². The molecule has 0 fully saturated rings. The van der Waals surface area contributed by atoms with Crippen molar-refractivity contribution in [2.24, 2.45) is 5.73 Å². The van der Waals surface area contributed by atoms with Crippen LogP contribution in [0, 0.1) is 0 Å². The molecule has 0 saturated heterocycles. The number of carbonyl (C=O) groups is 10. The van der Waals surface area contributed by atoms with Gasteiger partial charge in [-0.05, 0) is 183 Å². The molecule has 0 spiro atoms. The zero-order chi connectivity index (χ0) is 88.2. The van der Waals surface area contributed by atoms with Crippen LogP contribution in [0.1, 0.15) is 55.6 Å². The van der Waals surface area contributed by atoms with Crippen molar-refractivity contribution in [1.82, 2.24) is 53.1 Å². The lowest BCUT2D eigenvalue weighted by Gasteiger charge is -2.29. The first-order valence-corrected chi connectivity index (χ1v) is 40.1. The number of rotatable bonds is 41. The fraction of sp³-hybridized carbons (Fsp3) is 0.222. The summed E-state index contributed by atoms with van der Waals surface area (Å²) in [6, 6.07) is 51.2. The maximum Gasteiger partial charge on any atom is 0.282 e. The summed E-state index contributed by atoms with van der Waals surface area (Å²) in [5.74, 6) is -8.52. The molecule has 10 amide bonds. The Morgan fingerprint density at radius 2 is 0.301 bits per heavy atom. The van der Waals surface area contributed by atoms with Gasteiger partial charge < -0.3 is 116 Å². The molecule has 32 N–H and O–H groups in total. The third-order valence-corrected chi connectivity index (χ3v) is 20.7. The number of carbonyl (C=O) groups excluding carboxylic acids is 10. The van der Waals surface area contributed by atoms with Gasteiger partial charge in [0.15, 0.2) is 0 Å². The molecule has 10 rings (SSSR count). The van der Waals surface area contributed by atoms with Crippen LogP contribution in [-0.4, -0.2) is 126 Å². The highest BCUT2D eigenvalue weighted by Gasteiger charge is 2.38. The van der Waals surface area contributed by atoms with E-state index in [2.05, 4.69) is 65.6 Å². The van der Waals surface area contributed by atoms with Crippen LogP contribution in [0.3, 0.4) is 0 Å². The number of benzene rings is 10. The minimum atomic E-state index is -1.59. The van der Waals surface area contributed by atoms with Gasteiger partial charge in [-0.25, -0.2) is 12.5 Å². The lowest BCUT2D eigenvalue weighted by molar-refractivity contribution is -0.136. The van der Waals surface area contributed by atoms with Crippen molar-refractivity contribution >= 4 is 135 Å². The van der Waals surface area contributed by atoms with Crippen molar-refractivity contribution < 1.29 is 47.9 Å². The molecular formula is C90H103BN21O10S. The molecule has 637 valence electrons. The summed E-state index contributed by atoms with van der Waals surface area (Å²) < 4.78 is 0. The van der Waals surface area contributed by atoms with Crippen molar-refractivity contribution in [3.63, 3.8) is 0 Å². The molecule has 33 heteroatoms. The zero-order valence-corrected chi connectivity index (χ0v) is 68.3. The van der Waals surface area contributed by atoms with E-state index in [4.69, 9.17) is 63.1 Å². The highest BCUT2D eigenvalue weighted by molar-refractivity contribution is 8.06. The van der Waals surface area contributed by atoms with Crippen LogP contribution in [0.5, 0.6) is 0 Å². The number of hydrogen-bond donors (Lipinski definition) is 22. The summed E-state index contributed by atoms with van der Waals surface area (Å²) >= 11 is 4.24. The number of amides is 10. The summed E-state index contributed by atoms with van der Waals surface area (Å²) in [7, 11) is 0. The Balaban J connectivity index is 0.963. The van der Waals surface area contributed by atoms with Gasteiger partial charge in [0.25, 0.3) is 6.69 Å². The molecule has 0 aliphatic rings. The molecule has 10 unspecified atom stereocenters. The van der Waals surface area contributed by atoms with Crippen LogP contribution in [0.2, 0.25) is 0 Å². The Hall–Kier alpha value is -14.7. The largest absolute Gasteiger partial charge is 0.399 e. The maximum absolute atomic E-state index is 15.7. The Morgan fingerprint density at radius 1 is 0.195 bits per heavy atom. The quantitative estimate of drug-likeness (QED) is 0.0149. The average molecular weight is 1680 g/mol. The summed E-state index contributed by atoms with van der Waals surface area (Å²) in [6.45, 7) is 1.30. The number of nitrogens with two attached hydrogens (primary N) is 11. The molecule has 0 saturated carbocycles. The fourth-order valence-electron chi connectivity index (χ4n) is 13.6. The second-order valence-electron chi connectivity index (χ2n) is 30.3. The van der Waals surface area contributed by atoms with Gasteiger partial charge in [0, 0.05) is 115 Å². The van der Waals surface area contributed by atoms with Crippen molar-refractivity contribution in [3.05, 3.63) is 298 Å². The third kappa shape index (κ3) is 28.5. The van der Waals surface area contributed by atoms with E-state index >= 15 is 33.6 Å². The predicted molar refractivity (Wildman–Crippen MR) is 484 cm³/mol. The van der Waals surface area contributed by atoms with E-state index in [1.54, 1.807) is 243 Å². The zero-order valence-electron chi connectivity index (χ0n) is 67.4. The van der Waals surface area contributed by atoms with Crippen LogP contribution in [0.4, 0.5) is 56.9 Å². The molecular weight excluding hydrogens is 1580 g/mol. The molecule has 0 heterocycles. The average Bonchev–Trinajstić information content (AvgIpc) is 0.873. The number of primary amides is 1. The molecule has 10 aromatic rings. The number of thiol groups is 1. The molecule has 0 aliphatic heterocycles. The molecule has 0 aromatic heterocycles. The van der Waals surface area contributed by atoms with Crippen molar-refractivity contribution in [1.29, 1.82) is 0 Å². The van der Waals surface area contributed by atoms with Crippen LogP contribution >= 0.6 is 12.5 Å². The molecule has 10 aromatic carbocycles. The number of nitrogens with one attached hydrogen (secondary N) is 10. The highest BCUT2D eigenvalue weighted by atomic mass is 32.1. The molecule has 0 bridgehead atoms. The number of nitrogen functional groups attached to an aromatic ring is 10.